The summed E-state index contributed by atoms with van der Waals surface area (Å²) in [7, 11) is 1.57. The van der Waals surface area contributed by atoms with Crippen molar-refractivity contribution in [2.45, 2.75) is 0 Å². The molecule has 0 aliphatic heterocycles. The molecule has 1 N–H and O–H groups in total. The summed E-state index contributed by atoms with van der Waals surface area (Å²) >= 11 is 0. The van der Waals surface area contributed by atoms with Crippen LogP contribution in [0.15, 0.2) is 48.5 Å². The molecule has 0 heterocycles. The molecule has 0 saturated carbocycles. The van der Waals surface area contributed by atoms with Crippen molar-refractivity contribution in [1.82, 2.24) is 5.32 Å². The average molecular weight is 326 g/mol. The van der Waals surface area contributed by atoms with E-state index >= 15 is 0 Å². The van der Waals surface area contributed by atoms with Crippen LogP contribution >= 0.6 is 0 Å². The number of hydrogen-bond donors (Lipinski definition) is 1. The molecule has 0 fully saturated rings. The van der Waals surface area contributed by atoms with Crippen LogP contribution in [0, 0.1) is 11.3 Å². The van der Waals surface area contributed by atoms with Crippen LogP contribution < -0.4 is 19.5 Å². The van der Waals surface area contributed by atoms with Gasteiger partial charge in [-0.05, 0) is 30.3 Å². The average Bonchev–Trinajstić information content (AvgIpc) is 2.64. The monoisotopic (exact) mass is 326 g/mol. The molecule has 0 aliphatic rings. The van der Waals surface area contributed by atoms with E-state index in [-0.39, 0.29) is 12.5 Å². The highest BCUT2D eigenvalue weighted by Gasteiger charge is 2.05. The lowest BCUT2D eigenvalue weighted by atomic mass is 10.2. The van der Waals surface area contributed by atoms with Crippen molar-refractivity contribution in [2.24, 2.45) is 0 Å². The standard InChI is InChI=1S/C18H18N2O4/c1-22-16-7-2-3-8-17(16)23-10-9-20-18(21)13-24-15-6-4-5-14(11-15)12-19/h2-8,11H,9-10,13H2,1H3,(H,20,21). The molecule has 1 amide bonds. The van der Waals surface area contributed by atoms with Crippen molar-refractivity contribution in [2.75, 3.05) is 26.9 Å². The smallest absolute Gasteiger partial charge is 0.258 e. The molecule has 6 heteroatoms. The summed E-state index contributed by atoms with van der Waals surface area (Å²) in [5.74, 6) is 1.49. The molecule has 24 heavy (non-hydrogen) atoms. The van der Waals surface area contributed by atoms with Crippen LogP contribution in [0.4, 0.5) is 0 Å². The number of carbonyl (C=O) groups excluding carboxylic acids is 1. The van der Waals surface area contributed by atoms with E-state index in [2.05, 4.69) is 5.32 Å². The van der Waals surface area contributed by atoms with Crippen LogP contribution in [-0.4, -0.2) is 32.8 Å². The van der Waals surface area contributed by atoms with E-state index in [4.69, 9.17) is 19.5 Å². The maximum absolute atomic E-state index is 11.7. The lowest BCUT2D eigenvalue weighted by molar-refractivity contribution is -0.123. The Morgan fingerprint density at radius 3 is 2.67 bits per heavy atom. The minimum Gasteiger partial charge on any atom is -0.493 e. The van der Waals surface area contributed by atoms with Gasteiger partial charge in [0.15, 0.2) is 18.1 Å². The van der Waals surface area contributed by atoms with Gasteiger partial charge in [0, 0.05) is 0 Å². The molecule has 124 valence electrons. The summed E-state index contributed by atoms with van der Waals surface area (Å²) in [5, 5.41) is 11.5. The second-order valence-corrected chi connectivity index (χ2v) is 4.78. The number of ether oxygens (including phenoxy) is 3. The van der Waals surface area contributed by atoms with Gasteiger partial charge in [-0.15, -0.1) is 0 Å². The summed E-state index contributed by atoms with van der Waals surface area (Å²) in [5.41, 5.74) is 0.484. The lowest BCUT2D eigenvalue weighted by Gasteiger charge is -2.11. The van der Waals surface area contributed by atoms with Gasteiger partial charge < -0.3 is 19.5 Å². The third-order valence-corrected chi connectivity index (χ3v) is 3.08. The molecule has 2 aromatic carbocycles. The molecule has 0 saturated heterocycles. The van der Waals surface area contributed by atoms with Crippen LogP contribution in [0.2, 0.25) is 0 Å². The molecule has 0 atom stereocenters. The lowest BCUT2D eigenvalue weighted by Crippen LogP contribution is -2.32. The topological polar surface area (TPSA) is 80.6 Å². The van der Waals surface area contributed by atoms with E-state index in [9.17, 15) is 4.79 Å². The Bertz CT molecular complexity index is 725. The zero-order chi connectivity index (χ0) is 17.2. The molecule has 2 aromatic rings. The Morgan fingerprint density at radius 1 is 1.12 bits per heavy atom. The largest absolute Gasteiger partial charge is 0.493 e. The first-order chi connectivity index (χ1) is 11.7. The predicted octanol–water partition coefficient (Wildman–Crippen LogP) is 2.14. The second kappa shape index (κ2) is 9.06. The number of para-hydroxylation sites is 2. The van der Waals surface area contributed by atoms with Gasteiger partial charge in [0.1, 0.15) is 12.4 Å². The van der Waals surface area contributed by atoms with Crippen LogP contribution in [-0.2, 0) is 4.79 Å². The Labute approximate surface area is 140 Å². The number of carbonyl (C=O) groups is 1. The normalized spacial score (nSPS) is 9.67. The zero-order valence-corrected chi connectivity index (χ0v) is 13.3. The van der Waals surface area contributed by atoms with Crippen molar-refractivity contribution < 1.29 is 19.0 Å². The molecule has 0 aliphatic carbocycles. The fraction of sp³-hybridized carbons (Fsp3) is 0.222. The van der Waals surface area contributed by atoms with E-state index in [1.54, 1.807) is 43.5 Å². The molecule has 0 radical (unpaired) electrons. The van der Waals surface area contributed by atoms with Gasteiger partial charge >= 0.3 is 0 Å². The number of nitriles is 1. The predicted molar refractivity (Wildman–Crippen MR) is 88.2 cm³/mol. The number of amides is 1. The Kier molecular flexibility index (Phi) is 6.47. The highest BCUT2D eigenvalue weighted by Crippen LogP contribution is 2.25. The number of rotatable bonds is 8. The minimum atomic E-state index is -0.263. The molecular weight excluding hydrogens is 308 g/mol. The number of methoxy groups -OCH3 is 1. The first kappa shape index (κ1) is 17.2. The molecule has 2 rings (SSSR count). The van der Waals surface area contributed by atoms with E-state index in [0.717, 1.165) is 0 Å². The summed E-state index contributed by atoms with van der Waals surface area (Å²) in [6.45, 7) is 0.540. The van der Waals surface area contributed by atoms with Gasteiger partial charge in [0.25, 0.3) is 5.91 Å². The first-order valence-corrected chi connectivity index (χ1v) is 7.38. The first-order valence-electron chi connectivity index (χ1n) is 7.38. The van der Waals surface area contributed by atoms with Crippen LogP contribution in [0.1, 0.15) is 5.56 Å². The zero-order valence-electron chi connectivity index (χ0n) is 13.3. The Balaban J connectivity index is 1.69. The van der Waals surface area contributed by atoms with Crippen LogP contribution in [0.25, 0.3) is 0 Å². The van der Waals surface area contributed by atoms with Gasteiger partial charge in [0.2, 0.25) is 0 Å². The fourth-order valence-electron chi connectivity index (χ4n) is 1.94. The van der Waals surface area contributed by atoms with Crippen molar-refractivity contribution in [3.63, 3.8) is 0 Å². The third kappa shape index (κ3) is 5.21. The minimum absolute atomic E-state index is 0.121. The van der Waals surface area contributed by atoms with Crippen molar-refractivity contribution >= 4 is 5.91 Å². The van der Waals surface area contributed by atoms with Gasteiger partial charge in [-0.3, -0.25) is 4.79 Å². The molecule has 0 spiro atoms. The SMILES string of the molecule is COc1ccccc1OCCNC(=O)COc1cccc(C#N)c1. The Morgan fingerprint density at radius 2 is 1.92 bits per heavy atom. The Hall–Kier alpha value is -3.20. The number of benzene rings is 2. The van der Waals surface area contributed by atoms with Crippen molar-refractivity contribution in [3.05, 3.63) is 54.1 Å². The van der Waals surface area contributed by atoms with Crippen LogP contribution in [0.5, 0.6) is 17.2 Å². The molecule has 6 nitrogen and oxygen atoms in total. The van der Waals surface area contributed by atoms with E-state index in [1.807, 2.05) is 18.2 Å². The quantitative estimate of drug-likeness (QED) is 0.752. The highest BCUT2D eigenvalue weighted by atomic mass is 16.5. The summed E-state index contributed by atoms with van der Waals surface area (Å²) < 4.78 is 16.1. The third-order valence-electron chi connectivity index (χ3n) is 3.08. The summed E-state index contributed by atoms with van der Waals surface area (Å²) in [6.07, 6.45) is 0. The van der Waals surface area contributed by atoms with E-state index in [0.29, 0.717) is 36.0 Å². The maximum atomic E-state index is 11.7. The summed E-state index contributed by atoms with van der Waals surface area (Å²) in [4.78, 5) is 11.7. The van der Waals surface area contributed by atoms with Crippen LogP contribution in [0.3, 0.4) is 0 Å². The molecule has 0 aromatic heterocycles. The van der Waals surface area contributed by atoms with Crippen molar-refractivity contribution in [1.29, 1.82) is 5.26 Å². The molecule has 0 bridgehead atoms. The molecular formula is C18H18N2O4. The maximum Gasteiger partial charge on any atom is 0.258 e. The number of nitrogens with one attached hydrogen (secondary N) is 1. The number of hydrogen-bond acceptors (Lipinski definition) is 5. The van der Waals surface area contributed by atoms with Gasteiger partial charge in [-0.25, -0.2) is 0 Å². The number of nitrogens with zero attached hydrogens (tertiary/aromatic N) is 1. The van der Waals surface area contributed by atoms with E-state index in [1.165, 1.54) is 0 Å². The van der Waals surface area contributed by atoms with Crippen molar-refractivity contribution in [3.8, 4) is 23.3 Å². The van der Waals surface area contributed by atoms with Gasteiger partial charge in [0.05, 0.1) is 25.3 Å². The highest BCUT2D eigenvalue weighted by molar-refractivity contribution is 5.77. The fourth-order valence-corrected chi connectivity index (χ4v) is 1.94. The molecule has 0 unspecified atom stereocenters. The van der Waals surface area contributed by atoms with Gasteiger partial charge in [-0.1, -0.05) is 18.2 Å². The summed E-state index contributed by atoms with van der Waals surface area (Å²) in [6, 6.07) is 16.0. The van der Waals surface area contributed by atoms with E-state index < -0.39 is 0 Å². The van der Waals surface area contributed by atoms with Gasteiger partial charge in [-0.2, -0.15) is 5.26 Å². The second-order valence-electron chi connectivity index (χ2n) is 4.78.